The summed E-state index contributed by atoms with van der Waals surface area (Å²) in [5.74, 6) is 0.830. The SMILES string of the molecule is CCCNc1ccc(-c2ccc3ccccc3c2)nn1. The molecule has 0 bridgehead atoms. The van der Waals surface area contributed by atoms with E-state index >= 15 is 0 Å². The molecule has 0 saturated carbocycles. The minimum Gasteiger partial charge on any atom is -0.369 e. The summed E-state index contributed by atoms with van der Waals surface area (Å²) in [5, 5.41) is 14.2. The quantitative estimate of drug-likeness (QED) is 0.769. The summed E-state index contributed by atoms with van der Waals surface area (Å²) in [4.78, 5) is 0. The average molecular weight is 263 g/mol. The Bertz CT molecular complexity index is 705. The first-order chi connectivity index (χ1) is 9.86. The third-order valence-corrected chi connectivity index (χ3v) is 3.27. The van der Waals surface area contributed by atoms with Crippen LogP contribution in [0.4, 0.5) is 5.82 Å². The van der Waals surface area contributed by atoms with Crippen molar-refractivity contribution in [2.45, 2.75) is 13.3 Å². The van der Waals surface area contributed by atoms with Crippen molar-refractivity contribution in [2.24, 2.45) is 0 Å². The van der Waals surface area contributed by atoms with Crippen LogP contribution >= 0.6 is 0 Å². The van der Waals surface area contributed by atoms with Gasteiger partial charge in [0.1, 0.15) is 5.82 Å². The van der Waals surface area contributed by atoms with Crippen LogP contribution in [0.3, 0.4) is 0 Å². The zero-order valence-electron chi connectivity index (χ0n) is 11.5. The third kappa shape index (κ3) is 2.62. The van der Waals surface area contributed by atoms with Crippen LogP contribution in [-0.4, -0.2) is 16.7 Å². The fourth-order valence-corrected chi connectivity index (χ4v) is 2.18. The molecule has 0 aliphatic heterocycles. The molecule has 0 saturated heterocycles. The number of anilines is 1. The van der Waals surface area contributed by atoms with Crippen LogP contribution in [0.1, 0.15) is 13.3 Å². The van der Waals surface area contributed by atoms with Crippen molar-refractivity contribution in [3.05, 3.63) is 54.6 Å². The summed E-state index contributed by atoms with van der Waals surface area (Å²) in [5.41, 5.74) is 2.00. The summed E-state index contributed by atoms with van der Waals surface area (Å²) < 4.78 is 0. The molecule has 0 radical (unpaired) electrons. The molecule has 100 valence electrons. The van der Waals surface area contributed by atoms with Gasteiger partial charge in [-0.15, -0.1) is 10.2 Å². The smallest absolute Gasteiger partial charge is 0.148 e. The Morgan fingerprint density at radius 3 is 2.50 bits per heavy atom. The normalized spacial score (nSPS) is 10.7. The van der Waals surface area contributed by atoms with E-state index in [2.05, 4.69) is 64.9 Å². The molecule has 0 atom stereocenters. The Morgan fingerprint density at radius 1 is 0.900 bits per heavy atom. The molecule has 20 heavy (non-hydrogen) atoms. The summed E-state index contributed by atoms with van der Waals surface area (Å²) in [7, 11) is 0. The molecule has 1 aromatic heterocycles. The molecule has 0 fully saturated rings. The summed E-state index contributed by atoms with van der Waals surface area (Å²) in [6.07, 6.45) is 1.08. The van der Waals surface area contributed by atoms with Crippen LogP contribution in [0.5, 0.6) is 0 Å². The molecular weight excluding hydrogens is 246 g/mol. The van der Waals surface area contributed by atoms with Crippen molar-refractivity contribution >= 4 is 16.6 Å². The molecule has 1 heterocycles. The minimum absolute atomic E-state index is 0.830. The maximum Gasteiger partial charge on any atom is 0.148 e. The number of hydrogen-bond acceptors (Lipinski definition) is 3. The minimum atomic E-state index is 0.830. The Kier molecular flexibility index (Phi) is 3.59. The zero-order valence-corrected chi connectivity index (χ0v) is 11.5. The third-order valence-electron chi connectivity index (χ3n) is 3.27. The van der Waals surface area contributed by atoms with E-state index in [4.69, 9.17) is 0 Å². The molecule has 3 nitrogen and oxygen atoms in total. The lowest BCUT2D eigenvalue weighted by molar-refractivity contribution is 0.946. The number of nitrogens with zero attached hydrogens (tertiary/aromatic N) is 2. The summed E-state index contributed by atoms with van der Waals surface area (Å²) >= 11 is 0. The largest absolute Gasteiger partial charge is 0.369 e. The van der Waals surface area contributed by atoms with Gasteiger partial charge >= 0.3 is 0 Å². The molecule has 0 aliphatic rings. The van der Waals surface area contributed by atoms with E-state index in [1.165, 1.54) is 10.8 Å². The van der Waals surface area contributed by atoms with Gasteiger partial charge < -0.3 is 5.32 Å². The predicted molar refractivity (Wildman–Crippen MR) is 83.8 cm³/mol. The Balaban J connectivity index is 1.90. The van der Waals surface area contributed by atoms with E-state index < -0.39 is 0 Å². The van der Waals surface area contributed by atoms with Crippen molar-refractivity contribution in [3.63, 3.8) is 0 Å². The molecule has 3 rings (SSSR count). The van der Waals surface area contributed by atoms with E-state index in [-0.39, 0.29) is 0 Å². The van der Waals surface area contributed by atoms with Crippen LogP contribution in [0.25, 0.3) is 22.0 Å². The molecule has 0 spiro atoms. The molecular formula is C17H17N3. The summed E-state index contributed by atoms with van der Waals surface area (Å²) in [6.45, 7) is 3.05. The van der Waals surface area contributed by atoms with Gasteiger partial charge in [-0.25, -0.2) is 0 Å². The second-order valence-electron chi connectivity index (χ2n) is 4.79. The number of aromatic nitrogens is 2. The first kappa shape index (κ1) is 12.6. The maximum absolute atomic E-state index is 4.30. The van der Waals surface area contributed by atoms with Crippen LogP contribution in [0.15, 0.2) is 54.6 Å². The van der Waals surface area contributed by atoms with E-state index in [1.807, 2.05) is 12.1 Å². The van der Waals surface area contributed by atoms with Crippen molar-refractivity contribution in [1.82, 2.24) is 10.2 Å². The van der Waals surface area contributed by atoms with Crippen molar-refractivity contribution in [3.8, 4) is 11.3 Å². The monoisotopic (exact) mass is 263 g/mol. The van der Waals surface area contributed by atoms with Gasteiger partial charge in [-0.05, 0) is 35.4 Å². The first-order valence-electron chi connectivity index (χ1n) is 6.93. The number of rotatable bonds is 4. The van der Waals surface area contributed by atoms with Gasteiger partial charge in [0, 0.05) is 12.1 Å². The zero-order chi connectivity index (χ0) is 13.8. The number of hydrogen-bond donors (Lipinski definition) is 1. The van der Waals surface area contributed by atoms with Gasteiger partial charge in [0.15, 0.2) is 0 Å². The molecule has 3 aromatic rings. The Morgan fingerprint density at radius 2 is 1.75 bits per heavy atom. The van der Waals surface area contributed by atoms with E-state index in [9.17, 15) is 0 Å². The maximum atomic E-state index is 4.30. The second kappa shape index (κ2) is 5.70. The molecule has 0 amide bonds. The molecule has 0 aliphatic carbocycles. The summed E-state index contributed by atoms with van der Waals surface area (Å²) in [6, 6.07) is 18.7. The van der Waals surface area contributed by atoms with E-state index in [0.717, 1.165) is 30.0 Å². The fraction of sp³-hybridized carbons (Fsp3) is 0.176. The van der Waals surface area contributed by atoms with Crippen molar-refractivity contribution in [2.75, 3.05) is 11.9 Å². The first-order valence-corrected chi connectivity index (χ1v) is 6.93. The number of benzene rings is 2. The highest BCUT2D eigenvalue weighted by molar-refractivity contribution is 5.86. The van der Waals surface area contributed by atoms with E-state index in [0.29, 0.717) is 0 Å². The van der Waals surface area contributed by atoms with Gasteiger partial charge in [0.05, 0.1) is 5.69 Å². The predicted octanol–water partition coefficient (Wildman–Crippen LogP) is 4.12. The molecule has 2 aromatic carbocycles. The number of nitrogens with one attached hydrogen (secondary N) is 1. The topological polar surface area (TPSA) is 37.8 Å². The van der Waals surface area contributed by atoms with E-state index in [1.54, 1.807) is 0 Å². The van der Waals surface area contributed by atoms with Gasteiger partial charge in [-0.1, -0.05) is 43.3 Å². The van der Waals surface area contributed by atoms with Crippen molar-refractivity contribution < 1.29 is 0 Å². The highest BCUT2D eigenvalue weighted by Gasteiger charge is 2.02. The van der Waals surface area contributed by atoms with Crippen LogP contribution < -0.4 is 5.32 Å². The van der Waals surface area contributed by atoms with Gasteiger partial charge in [0.2, 0.25) is 0 Å². The molecule has 3 heteroatoms. The lowest BCUT2D eigenvalue weighted by Gasteiger charge is -2.05. The highest BCUT2D eigenvalue weighted by atomic mass is 15.2. The van der Waals surface area contributed by atoms with Gasteiger partial charge in [-0.3, -0.25) is 0 Å². The lowest BCUT2D eigenvalue weighted by Crippen LogP contribution is -2.02. The van der Waals surface area contributed by atoms with Gasteiger partial charge in [0.25, 0.3) is 0 Å². The van der Waals surface area contributed by atoms with Crippen LogP contribution in [-0.2, 0) is 0 Å². The average Bonchev–Trinajstić information content (AvgIpc) is 2.53. The highest BCUT2D eigenvalue weighted by Crippen LogP contribution is 2.22. The lowest BCUT2D eigenvalue weighted by atomic mass is 10.1. The Labute approximate surface area is 118 Å². The fourth-order valence-electron chi connectivity index (χ4n) is 2.18. The Hall–Kier alpha value is -2.42. The van der Waals surface area contributed by atoms with Gasteiger partial charge in [-0.2, -0.15) is 0 Å². The number of fused-ring (bicyclic) bond motifs is 1. The van der Waals surface area contributed by atoms with Crippen molar-refractivity contribution in [1.29, 1.82) is 0 Å². The molecule has 1 N–H and O–H groups in total. The van der Waals surface area contributed by atoms with Crippen LogP contribution in [0.2, 0.25) is 0 Å². The van der Waals surface area contributed by atoms with Crippen LogP contribution in [0, 0.1) is 0 Å². The standard InChI is InChI=1S/C17H17N3/c1-2-11-18-17-10-9-16(19-20-17)15-8-7-13-5-3-4-6-14(13)12-15/h3-10,12H,2,11H2,1H3,(H,18,20). The molecule has 0 unspecified atom stereocenters. The second-order valence-corrected chi connectivity index (χ2v) is 4.79.